The van der Waals surface area contributed by atoms with Gasteiger partial charge in [0.25, 0.3) is 0 Å². The van der Waals surface area contributed by atoms with E-state index in [-0.39, 0.29) is 11.9 Å². The van der Waals surface area contributed by atoms with Crippen molar-refractivity contribution >= 4 is 11.8 Å². The van der Waals surface area contributed by atoms with Crippen LogP contribution in [0.25, 0.3) is 0 Å². The van der Waals surface area contributed by atoms with Gasteiger partial charge in [-0.25, -0.2) is 0 Å². The maximum absolute atomic E-state index is 12.3. The van der Waals surface area contributed by atoms with Crippen molar-refractivity contribution in [3.05, 3.63) is 34.9 Å². The second kappa shape index (κ2) is 7.16. The largest absolute Gasteiger partial charge is 0.341 e. The summed E-state index contributed by atoms with van der Waals surface area (Å²) in [6.07, 6.45) is 7.59. The summed E-state index contributed by atoms with van der Waals surface area (Å²) >= 11 is 0. The summed E-state index contributed by atoms with van der Waals surface area (Å²) in [7, 11) is 0. The molecule has 1 aliphatic heterocycles. The van der Waals surface area contributed by atoms with Crippen LogP contribution < -0.4 is 5.32 Å². The van der Waals surface area contributed by atoms with Gasteiger partial charge in [-0.05, 0) is 61.6 Å². The molecule has 1 unspecified atom stereocenters. The molecule has 1 saturated heterocycles. The van der Waals surface area contributed by atoms with Crippen molar-refractivity contribution in [1.82, 2.24) is 10.2 Å². The summed E-state index contributed by atoms with van der Waals surface area (Å²) in [4.78, 5) is 26.1. The molecule has 1 N–H and O–H groups in total. The molecular weight excluding hydrogens is 288 g/mol. The summed E-state index contributed by atoms with van der Waals surface area (Å²) in [5.41, 5.74) is 3.97. The quantitative estimate of drug-likeness (QED) is 0.872. The van der Waals surface area contributed by atoms with Crippen LogP contribution in [0.2, 0.25) is 0 Å². The molecule has 1 aromatic rings. The van der Waals surface area contributed by atoms with Crippen LogP contribution in [0.1, 0.15) is 61.8 Å². The molecular formula is C19H26N2O2. The van der Waals surface area contributed by atoms with Gasteiger partial charge in [-0.1, -0.05) is 25.1 Å². The summed E-state index contributed by atoms with van der Waals surface area (Å²) in [6, 6.07) is 6.45. The summed E-state index contributed by atoms with van der Waals surface area (Å²) < 4.78 is 0. The number of rotatable bonds is 3. The van der Waals surface area contributed by atoms with E-state index in [1.54, 1.807) is 4.90 Å². The molecule has 1 aliphatic carbocycles. The first-order valence-corrected chi connectivity index (χ1v) is 8.90. The number of nitrogens with one attached hydrogen (secondary N) is 1. The number of amides is 2. The Morgan fingerprint density at radius 1 is 1.09 bits per heavy atom. The molecule has 0 radical (unpaired) electrons. The van der Waals surface area contributed by atoms with Gasteiger partial charge in [0, 0.05) is 13.1 Å². The molecule has 124 valence electrons. The van der Waals surface area contributed by atoms with Crippen LogP contribution in [0.5, 0.6) is 0 Å². The van der Waals surface area contributed by atoms with Crippen molar-refractivity contribution in [2.75, 3.05) is 13.1 Å². The summed E-state index contributed by atoms with van der Waals surface area (Å²) in [5.74, 6) is -0.838. The lowest BCUT2D eigenvalue weighted by Gasteiger charge is -2.22. The van der Waals surface area contributed by atoms with Crippen molar-refractivity contribution in [2.45, 2.75) is 57.9 Å². The van der Waals surface area contributed by atoms with E-state index in [1.807, 2.05) is 6.92 Å². The lowest BCUT2D eigenvalue weighted by molar-refractivity contribution is -0.145. The Morgan fingerprint density at radius 2 is 1.78 bits per heavy atom. The minimum absolute atomic E-state index is 0.0821. The molecule has 0 spiro atoms. The van der Waals surface area contributed by atoms with Gasteiger partial charge in [0.2, 0.25) is 0 Å². The van der Waals surface area contributed by atoms with Gasteiger partial charge in [-0.2, -0.15) is 0 Å². The summed E-state index contributed by atoms with van der Waals surface area (Å²) in [5, 5.41) is 2.94. The maximum Gasteiger partial charge on any atom is 0.311 e. The van der Waals surface area contributed by atoms with Crippen LogP contribution in [-0.4, -0.2) is 29.8 Å². The molecule has 2 amide bonds. The Hall–Kier alpha value is -1.84. The van der Waals surface area contributed by atoms with E-state index < -0.39 is 5.91 Å². The third-order valence-corrected chi connectivity index (χ3v) is 5.08. The SMILES string of the molecule is CCC(NC(=O)C(=O)N1CCCC1)c1ccc2c(c1)CCCC2. The molecule has 1 heterocycles. The van der Waals surface area contributed by atoms with Crippen molar-refractivity contribution in [1.29, 1.82) is 0 Å². The van der Waals surface area contributed by atoms with E-state index in [0.717, 1.165) is 37.7 Å². The van der Waals surface area contributed by atoms with E-state index in [1.165, 1.54) is 24.0 Å². The molecule has 3 rings (SSSR count). The van der Waals surface area contributed by atoms with Crippen LogP contribution in [0.3, 0.4) is 0 Å². The fraction of sp³-hybridized carbons (Fsp3) is 0.579. The minimum atomic E-state index is -0.462. The first-order chi connectivity index (χ1) is 11.2. The molecule has 0 aromatic heterocycles. The average molecular weight is 314 g/mol. The zero-order chi connectivity index (χ0) is 16.2. The van der Waals surface area contributed by atoms with Crippen molar-refractivity contribution in [2.24, 2.45) is 0 Å². The van der Waals surface area contributed by atoms with Gasteiger partial charge < -0.3 is 10.2 Å². The standard InChI is InChI=1S/C19H26N2O2/c1-2-17(20-18(22)19(23)21-11-5-6-12-21)16-10-9-14-7-3-4-8-15(14)13-16/h9-10,13,17H,2-8,11-12H2,1H3,(H,20,22). The summed E-state index contributed by atoms with van der Waals surface area (Å²) in [6.45, 7) is 3.47. The second-order valence-corrected chi connectivity index (χ2v) is 6.67. The van der Waals surface area contributed by atoms with Crippen LogP contribution >= 0.6 is 0 Å². The number of aryl methyl sites for hydroxylation is 2. The maximum atomic E-state index is 12.3. The van der Waals surface area contributed by atoms with Gasteiger partial charge in [0.15, 0.2) is 0 Å². The van der Waals surface area contributed by atoms with E-state index in [9.17, 15) is 9.59 Å². The molecule has 1 aromatic carbocycles. The molecule has 4 heteroatoms. The van der Waals surface area contributed by atoms with Crippen LogP contribution in [0, 0.1) is 0 Å². The van der Waals surface area contributed by atoms with Gasteiger partial charge >= 0.3 is 11.8 Å². The Balaban J connectivity index is 1.69. The zero-order valence-electron chi connectivity index (χ0n) is 13.9. The molecule has 0 bridgehead atoms. The average Bonchev–Trinajstić information content (AvgIpc) is 3.13. The first-order valence-electron chi connectivity index (χ1n) is 8.90. The molecule has 23 heavy (non-hydrogen) atoms. The number of likely N-dealkylation sites (tertiary alicyclic amines) is 1. The molecule has 4 nitrogen and oxygen atoms in total. The van der Waals surface area contributed by atoms with E-state index in [2.05, 4.69) is 23.5 Å². The first kappa shape index (κ1) is 16.0. The number of hydrogen-bond acceptors (Lipinski definition) is 2. The van der Waals surface area contributed by atoms with E-state index >= 15 is 0 Å². The van der Waals surface area contributed by atoms with E-state index in [4.69, 9.17) is 0 Å². The topological polar surface area (TPSA) is 49.4 Å². The highest BCUT2D eigenvalue weighted by atomic mass is 16.2. The van der Waals surface area contributed by atoms with Gasteiger partial charge in [0.05, 0.1) is 6.04 Å². The number of hydrogen-bond donors (Lipinski definition) is 1. The van der Waals surface area contributed by atoms with Crippen LogP contribution in [-0.2, 0) is 22.4 Å². The highest BCUT2D eigenvalue weighted by Crippen LogP contribution is 2.26. The predicted molar refractivity (Wildman–Crippen MR) is 90.1 cm³/mol. The van der Waals surface area contributed by atoms with Crippen molar-refractivity contribution in [3.8, 4) is 0 Å². The zero-order valence-corrected chi connectivity index (χ0v) is 13.9. The fourth-order valence-electron chi connectivity index (χ4n) is 3.68. The number of benzene rings is 1. The minimum Gasteiger partial charge on any atom is -0.341 e. The molecule has 1 atom stereocenters. The second-order valence-electron chi connectivity index (χ2n) is 6.67. The monoisotopic (exact) mass is 314 g/mol. The highest BCUT2D eigenvalue weighted by molar-refractivity contribution is 6.35. The lowest BCUT2D eigenvalue weighted by atomic mass is 9.89. The molecule has 1 fully saturated rings. The third kappa shape index (κ3) is 3.57. The Kier molecular flexibility index (Phi) is 4.99. The number of carbonyl (C=O) groups is 2. The van der Waals surface area contributed by atoms with Crippen LogP contribution in [0.4, 0.5) is 0 Å². The normalized spacial score (nSPS) is 18.4. The smallest absolute Gasteiger partial charge is 0.311 e. The highest BCUT2D eigenvalue weighted by Gasteiger charge is 2.26. The van der Waals surface area contributed by atoms with Gasteiger partial charge in [0.1, 0.15) is 0 Å². The molecule has 0 saturated carbocycles. The van der Waals surface area contributed by atoms with Gasteiger partial charge in [-0.15, -0.1) is 0 Å². The fourth-order valence-corrected chi connectivity index (χ4v) is 3.68. The Bertz CT molecular complexity index is 591. The predicted octanol–water partition coefficient (Wildman–Crippen LogP) is 2.76. The Labute approximate surface area is 138 Å². The van der Waals surface area contributed by atoms with Crippen molar-refractivity contribution in [3.63, 3.8) is 0 Å². The number of fused-ring (bicyclic) bond motifs is 1. The van der Waals surface area contributed by atoms with E-state index in [0.29, 0.717) is 13.1 Å². The number of carbonyl (C=O) groups excluding carboxylic acids is 2. The molecule has 2 aliphatic rings. The van der Waals surface area contributed by atoms with Crippen LogP contribution in [0.15, 0.2) is 18.2 Å². The van der Waals surface area contributed by atoms with Gasteiger partial charge in [-0.3, -0.25) is 9.59 Å². The Morgan fingerprint density at radius 3 is 2.48 bits per heavy atom. The lowest BCUT2D eigenvalue weighted by Crippen LogP contribution is -2.42. The van der Waals surface area contributed by atoms with Crippen molar-refractivity contribution < 1.29 is 9.59 Å². The third-order valence-electron chi connectivity index (χ3n) is 5.08. The number of nitrogens with zero attached hydrogens (tertiary/aromatic N) is 1.